The van der Waals surface area contributed by atoms with Crippen LogP contribution in [0.4, 0.5) is 5.69 Å². The Kier molecular flexibility index (Phi) is 6.77. The van der Waals surface area contributed by atoms with Gasteiger partial charge in [-0.25, -0.2) is 0 Å². The van der Waals surface area contributed by atoms with Crippen molar-refractivity contribution in [3.8, 4) is 5.75 Å². The first-order chi connectivity index (χ1) is 14.6. The summed E-state index contributed by atoms with van der Waals surface area (Å²) in [6, 6.07) is 15.4. The maximum Gasteiger partial charge on any atom is 0.236 e. The second-order valence-corrected chi connectivity index (χ2v) is 8.48. The number of phenolic OH excluding ortho intramolecular Hbond substituents is 1. The first-order valence-corrected chi connectivity index (χ1v) is 11.0. The summed E-state index contributed by atoms with van der Waals surface area (Å²) in [5, 5.41) is 10.8. The molecule has 160 valence electrons. The molecule has 2 fully saturated rings. The van der Waals surface area contributed by atoms with Crippen LogP contribution < -0.4 is 4.90 Å². The maximum absolute atomic E-state index is 12.8. The van der Waals surface area contributed by atoms with E-state index in [1.807, 2.05) is 41.3 Å². The van der Waals surface area contributed by atoms with Crippen molar-refractivity contribution in [3.05, 3.63) is 59.1 Å². The molecule has 0 aromatic heterocycles. The summed E-state index contributed by atoms with van der Waals surface area (Å²) in [5.41, 5.74) is 2.09. The Bertz CT molecular complexity index is 862. The molecule has 1 N–H and O–H groups in total. The quantitative estimate of drug-likeness (QED) is 0.793. The van der Waals surface area contributed by atoms with E-state index < -0.39 is 0 Å². The molecule has 2 saturated heterocycles. The van der Waals surface area contributed by atoms with Gasteiger partial charge in [-0.1, -0.05) is 35.9 Å². The highest BCUT2D eigenvalue weighted by Crippen LogP contribution is 2.27. The van der Waals surface area contributed by atoms with E-state index in [1.54, 1.807) is 6.07 Å². The van der Waals surface area contributed by atoms with Crippen LogP contribution in [-0.4, -0.2) is 84.6 Å². The van der Waals surface area contributed by atoms with Crippen molar-refractivity contribution in [2.75, 3.05) is 63.8 Å². The van der Waals surface area contributed by atoms with Crippen molar-refractivity contribution in [2.45, 2.75) is 6.54 Å². The summed E-state index contributed by atoms with van der Waals surface area (Å²) in [6.07, 6.45) is 0. The first kappa shape index (κ1) is 21.0. The molecule has 2 heterocycles. The average Bonchev–Trinajstić information content (AvgIpc) is 2.75. The number of phenols is 1. The van der Waals surface area contributed by atoms with Crippen molar-refractivity contribution in [1.29, 1.82) is 0 Å². The number of halogens is 1. The third kappa shape index (κ3) is 5.25. The van der Waals surface area contributed by atoms with Gasteiger partial charge in [0.2, 0.25) is 5.91 Å². The summed E-state index contributed by atoms with van der Waals surface area (Å²) in [5.74, 6) is 0.533. The van der Waals surface area contributed by atoms with Gasteiger partial charge in [0, 0.05) is 63.9 Å². The third-order valence-corrected chi connectivity index (χ3v) is 6.21. The van der Waals surface area contributed by atoms with E-state index in [4.69, 9.17) is 11.6 Å². The minimum atomic E-state index is 0.216. The van der Waals surface area contributed by atoms with Gasteiger partial charge in [0.05, 0.1) is 12.2 Å². The number of aromatic hydroxyl groups is 1. The van der Waals surface area contributed by atoms with E-state index in [-0.39, 0.29) is 5.91 Å². The van der Waals surface area contributed by atoms with Gasteiger partial charge in [0.1, 0.15) is 5.75 Å². The smallest absolute Gasteiger partial charge is 0.236 e. The molecule has 0 bridgehead atoms. The number of amides is 1. The molecule has 0 radical (unpaired) electrons. The molecule has 0 aliphatic carbocycles. The Morgan fingerprint density at radius 3 is 2.27 bits per heavy atom. The predicted octanol–water partition coefficient (Wildman–Crippen LogP) is 2.51. The molecule has 0 unspecified atom stereocenters. The van der Waals surface area contributed by atoms with Crippen LogP contribution in [0.1, 0.15) is 5.56 Å². The molecule has 2 aromatic carbocycles. The number of benzene rings is 2. The molecule has 0 spiro atoms. The van der Waals surface area contributed by atoms with Crippen LogP contribution in [0.2, 0.25) is 5.02 Å². The number of carbonyl (C=O) groups excluding carboxylic acids is 1. The van der Waals surface area contributed by atoms with Crippen LogP contribution in [0.25, 0.3) is 0 Å². The van der Waals surface area contributed by atoms with Gasteiger partial charge in [-0.15, -0.1) is 0 Å². The zero-order valence-electron chi connectivity index (χ0n) is 17.2. The molecule has 4 rings (SSSR count). The van der Waals surface area contributed by atoms with Crippen LogP contribution in [0, 0.1) is 0 Å². The SMILES string of the molecule is O=C(CN1CCN(c2ccccc2O)CC1)N1CCN(Cc2cccc(Cl)c2)CC1. The van der Waals surface area contributed by atoms with E-state index in [0.29, 0.717) is 12.3 Å². The molecule has 2 aliphatic rings. The molecule has 7 heteroatoms. The van der Waals surface area contributed by atoms with Gasteiger partial charge in [0.25, 0.3) is 0 Å². The Hall–Kier alpha value is -2.28. The third-order valence-electron chi connectivity index (χ3n) is 5.97. The van der Waals surface area contributed by atoms with Crippen molar-refractivity contribution in [2.24, 2.45) is 0 Å². The zero-order chi connectivity index (χ0) is 20.9. The predicted molar refractivity (Wildman–Crippen MR) is 120 cm³/mol. The fourth-order valence-electron chi connectivity index (χ4n) is 4.22. The lowest BCUT2D eigenvalue weighted by atomic mass is 10.2. The Morgan fingerprint density at radius 1 is 0.867 bits per heavy atom. The highest BCUT2D eigenvalue weighted by atomic mass is 35.5. The molecule has 0 atom stereocenters. The highest BCUT2D eigenvalue weighted by Gasteiger charge is 2.25. The van der Waals surface area contributed by atoms with Crippen LogP contribution >= 0.6 is 11.6 Å². The summed E-state index contributed by atoms with van der Waals surface area (Å²) < 4.78 is 0. The van der Waals surface area contributed by atoms with Crippen LogP contribution in [0.3, 0.4) is 0 Å². The minimum Gasteiger partial charge on any atom is -0.506 e. The molecule has 6 nitrogen and oxygen atoms in total. The van der Waals surface area contributed by atoms with Crippen molar-refractivity contribution < 1.29 is 9.90 Å². The summed E-state index contributed by atoms with van der Waals surface area (Å²) >= 11 is 6.08. The van der Waals surface area contributed by atoms with E-state index in [1.165, 1.54) is 5.56 Å². The van der Waals surface area contributed by atoms with Gasteiger partial charge in [-0.3, -0.25) is 14.6 Å². The van der Waals surface area contributed by atoms with Crippen LogP contribution in [-0.2, 0) is 11.3 Å². The lowest BCUT2D eigenvalue weighted by Gasteiger charge is -2.38. The Labute approximate surface area is 183 Å². The normalized spacial score (nSPS) is 18.6. The number of nitrogens with zero attached hydrogens (tertiary/aromatic N) is 4. The molecule has 1 amide bonds. The molecule has 2 aliphatic heterocycles. The number of anilines is 1. The van der Waals surface area contributed by atoms with Gasteiger partial charge in [-0.05, 0) is 29.8 Å². The number of piperazine rings is 2. The number of para-hydroxylation sites is 2. The second kappa shape index (κ2) is 9.69. The minimum absolute atomic E-state index is 0.216. The first-order valence-electron chi connectivity index (χ1n) is 10.6. The van der Waals surface area contributed by atoms with Crippen molar-refractivity contribution >= 4 is 23.2 Å². The van der Waals surface area contributed by atoms with Gasteiger partial charge < -0.3 is 14.9 Å². The number of carbonyl (C=O) groups is 1. The topological polar surface area (TPSA) is 50.3 Å². The highest BCUT2D eigenvalue weighted by molar-refractivity contribution is 6.30. The Morgan fingerprint density at radius 2 is 1.57 bits per heavy atom. The fraction of sp³-hybridized carbons (Fsp3) is 0.435. The zero-order valence-corrected chi connectivity index (χ0v) is 18.0. The van der Waals surface area contributed by atoms with E-state index >= 15 is 0 Å². The van der Waals surface area contributed by atoms with Crippen LogP contribution in [0.5, 0.6) is 5.75 Å². The number of hydrogen-bond donors (Lipinski definition) is 1. The molecule has 0 saturated carbocycles. The number of hydrogen-bond acceptors (Lipinski definition) is 5. The summed E-state index contributed by atoms with van der Waals surface area (Å²) in [6.45, 7) is 7.97. The van der Waals surface area contributed by atoms with E-state index in [9.17, 15) is 9.90 Å². The van der Waals surface area contributed by atoms with Crippen molar-refractivity contribution in [1.82, 2.24) is 14.7 Å². The molecule has 30 heavy (non-hydrogen) atoms. The fourth-order valence-corrected chi connectivity index (χ4v) is 4.43. The van der Waals surface area contributed by atoms with Gasteiger partial charge in [0.15, 0.2) is 0 Å². The largest absolute Gasteiger partial charge is 0.506 e. The van der Waals surface area contributed by atoms with Gasteiger partial charge in [-0.2, -0.15) is 0 Å². The summed E-state index contributed by atoms with van der Waals surface area (Å²) in [7, 11) is 0. The standard InChI is InChI=1S/C23H29ClN4O2/c24-20-5-3-4-19(16-20)17-25-10-14-28(15-11-25)23(30)18-26-8-12-27(13-9-26)21-6-1-2-7-22(21)29/h1-7,16,29H,8-15,17-18H2. The van der Waals surface area contributed by atoms with E-state index in [2.05, 4.69) is 20.8 Å². The lowest BCUT2D eigenvalue weighted by Crippen LogP contribution is -2.53. The second-order valence-electron chi connectivity index (χ2n) is 8.04. The monoisotopic (exact) mass is 428 g/mol. The molecular formula is C23H29ClN4O2. The molecule has 2 aromatic rings. The van der Waals surface area contributed by atoms with Gasteiger partial charge >= 0.3 is 0 Å². The Balaban J connectivity index is 1.20. The van der Waals surface area contributed by atoms with Crippen LogP contribution in [0.15, 0.2) is 48.5 Å². The lowest BCUT2D eigenvalue weighted by molar-refractivity contribution is -0.134. The summed E-state index contributed by atoms with van der Waals surface area (Å²) in [4.78, 5) is 21.5. The van der Waals surface area contributed by atoms with E-state index in [0.717, 1.165) is 69.6 Å². The molecular weight excluding hydrogens is 400 g/mol. The number of rotatable bonds is 5. The average molecular weight is 429 g/mol. The maximum atomic E-state index is 12.8. The van der Waals surface area contributed by atoms with Crippen molar-refractivity contribution in [3.63, 3.8) is 0 Å².